The molecule has 6 nitrogen and oxygen atoms in total. The van der Waals surface area contributed by atoms with Crippen LogP contribution >= 0.6 is 0 Å². The van der Waals surface area contributed by atoms with Gasteiger partial charge in [0.15, 0.2) is 5.69 Å². The number of benzene rings is 2. The Morgan fingerprint density at radius 1 is 0.926 bits per heavy atom. The van der Waals surface area contributed by atoms with Crippen molar-refractivity contribution in [3.8, 4) is 11.5 Å². The summed E-state index contributed by atoms with van der Waals surface area (Å²) in [6.45, 7) is 5.35. The zero-order valence-electron chi connectivity index (χ0n) is 15.2. The van der Waals surface area contributed by atoms with E-state index in [1.165, 1.54) is 12.3 Å². The van der Waals surface area contributed by atoms with Crippen LogP contribution in [0.25, 0.3) is 10.8 Å². The third-order valence-electron chi connectivity index (χ3n) is 3.63. The number of nitrogens with zero attached hydrogens (tertiary/aromatic N) is 1. The highest BCUT2D eigenvalue weighted by Crippen LogP contribution is 2.27. The monoisotopic (exact) mass is 365 g/mol. The SMILES string of the molecule is CC(C)(C)OC(=O)c1cc(Oc2ccc3ccc(C(=O)O)cc3c2)ccn1. The van der Waals surface area contributed by atoms with Gasteiger partial charge in [0.05, 0.1) is 5.56 Å². The second-order valence-electron chi connectivity index (χ2n) is 7.01. The minimum atomic E-state index is -0.987. The van der Waals surface area contributed by atoms with Crippen molar-refractivity contribution in [3.05, 3.63) is 66.0 Å². The first-order valence-electron chi connectivity index (χ1n) is 8.36. The molecule has 1 aromatic heterocycles. The van der Waals surface area contributed by atoms with Gasteiger partial charge in [0.25, 0.3) is 0 Å². The van der Waals surface area contributed by atoms with E-state index >= 15 is 0 Å². The Labute approximate surface area is 156 Å². The number of rotatable bonds is 4. The van der Waals surface area contributed by atoms with E-state index in [-0.39, 0.29) is 11.3 Å². The molecule has 0 unspecified atom stereocenters. The normalized spacial score (nSPS) is 11.2. The minimum absolute atomic E-state index is 0.149. The van der Waals surface area contributed by atoms with Crippen LogP contribution in [0.5, 0.6) is 11.5 Å². The number of ether oxygens (including phenoxy) is 2. The Morgan fingerprint density at radius 2 is 1.63 bits per heavy atom. The van der Waals surface area contributed by atoms with Crippen molar-refractivity contribution in [2.75, 3.05) is 0 Å². The number of carbonyl (C=O) groups excluding carboxylic acids is 1. The number of carboxylic acids is 1. The summed E-state index contributed by atoms with van der Waals surface area (Å²) < 4.78 is 11.1. The van der Waals surface area contributed by atoms with E-state index in [1.54, 1.807) is 57.2 Å². The molecule has 0 radical (unpaired) electrons. The van der Waals surface area contributed by atoms with Gasteiger partial charge in [-0.15, -0.1) is 0 Å². The van der Waals surface area contributed by atoms with Crippen LogP contribution in [0.2, 0.25) is 0 Å². The van der Waals surface area contributed by atoms with Gasteiger partial charge >= 0.3 is 11.9 Å². The quantitative estimate of drug-likeness (QED) is 0.676. The molecule has 0 saturated carbocycles. The van der Waals surface area contributed by atoms with E-state index in [4.69, 9.17) is 14.6 Å². The molecule has 138 valence electrons. The number of hydrogen-bond donors (Lipinski definition) is 1. The number of carboxylic acid groups (broad SMARTS) is 1. The fourth-order valence-electron chi connectivity index (χ4n) is 2.47. The van der Waals surface area contributed by atoms with Gasteiger partial charge in [-0.2, -0.15) is 0 Å². The smallest absolute Gasteiger partial charge is 0.357 e. The maximum absolute atomic E-state index is 12.1. The van der Waals surface area contributed by atoms with Crippen molar-refractivity contribution >= 4 is 22.7 Å². The standard InChI is InChI=1S/C21H19NO5/c1-21(2,3)27-20(25)18-12-17(8-9-22-18)26-16-7-6-13-4-5-14(19(23)24)10-15(13)11-16/h4-12H,1-3H3,(H,23,24). The Morgan fingerprint density at radius 3 is 2.33 bits per heavy atom. The van der Waals surface area contributed by atoms with Crippen molar-refractivity contribution < 1.29 is 24.2 Å². The van der Waals surface area contributed by atoms with Crippen LogP contribution in [0.15, 0.2) is 54.7 Å². The lowest BCUT2D eigenvalue weighted by Crippen LogP contribution is -2.24. The second kappa shape index (κ2) is 7.07. The van der Waals surface area contributed by atoms with Crippen molar-refractivity contribution in [2.24, 2.45) is 0 Å². The summed E-state index contributed by atoms with van der Waals surface area (Å²) in [5.74, 6) is -0.567. The Balaban J connectivity index is 1.85. The van der Waals surface area contributed by atoms with Crippen molar-refractivity contribution in [1.82, 2.24) is 4.98 Å². The van der Waals surface area contributed by atoms with Gasteiger partial charge < -0.3 is 14.6 Å². The molecule has 0 aliphatic heterocycles. The summed E-state index contributed by atoms with van der Waals surface area (Å²) in [6, 6.07) is 13.4. The van der Waals surface area contributed by atoms with Crippen LogP contribution in [0.3, 0.4) is 0 Å². The molecule has 0 spiro atoms. The number of aromatic nitrogens is 1. The van der Waals surface area contributed by atoms with Gasteiger partial charge in [-0.25, -0.2) is 14.6 Å². The Kier molecular flexibility index (Phi) is 4.81. The van der Waals surface area contributed by atoms with Gasteiger partial charge in [-0.05, 0) is 61.9 Å². The first kappa shape index (κ1) is 18.4. The van der Waals surface area contributed by atoms with E-state index in [2.05, 4.69) is 4.98 Å². The lowest BCUT2D eigenvalue weighted by Gasteiger charge is -2.19. The molecule has 1 heterocycles. The van der Waals surface area contributed by atoms with E-state index in [0.29, 0.717) is 11.5 Å². The van der Waals surface area contributed by atoms with Crippen LogP contribution in [0, 0.1) is 0 Å². The number of esters is 1. The summed E-state index contributed by atoms with van der Waals surface area (Å²) >= 11 is 0. The zero-order valence-corrected chi connectivity index (χ0v) is 15.2. The molecule has 3 aromatic rings. The van der Waals surface area contributed by atoms with Crippen molar-refractivity contribution in [3.63, 3.8) is 0 Å². The first-order chi connectivity index (χ1) is 12.7. The number of fused-ring (bicyclic) bond motifs is 1. The van der Waals surface area contributed by atoms with Gasteiger partial charge in [0.2, 0.25) is 0 Å². The number of pyridine rings is 1. The molecule has 2 aromatic carbocycles. The Bertz CT molecular complexity index is 1020. The number of carbonyl (C=O) groups is 2. The second-order valence-corrected chi connectivity index (χ2v) is 7.01. The predicted molar refractivity (Wildman–Crippen MR) is 100 cm³/mol. The highest BCUT2D eigenvalue weighted by Gasteiger charge is 2.19. The fraction of sp³-hybridized carbons (Fsp3) is 0.190. The summed E-state index contributed by atoms with van der Waals surface area (Å²) in [7, 11) is 0. The van der Waals surface area contributed by atoms with E-state index < -0.39 is 17.5 Å². The highest BCUT2D eigenvalue weighted by atomic mass is 16.6. The van der Waals surface area contributed by atoms with E-state index in [1.807, 2.05) is 6.07 Å². The van der Waals surface area contributed by atoms with Crippen LogP contribution in [0.4, 0.5) is 0 Å². The third kappa shape index (κ3) is 4.61. The molecular weight excluding hydrogens is 346 g/mol. The maximum Gasteiger partial charge on any atom is 0.357 e. The average molecular weight is 365 g/mol. The van der Waals surface area contributed by atoms with Crippen LogP contribution in [-0.4, -0.2) is 27.6 Å². The van der Waals surface area contributed by atoms with Crippen LogP contribution in [0.1, 0.15) is 41.6 Å². The molecule has 6 heteroatoms. The van der Waals surface area contributed by atoms with E-state index in [0.717, 1.165) is 10.8 Å². The number of aromatic carboxylic acids is 1. The molecule has 0 aliphatic carbocycles. The molecule has 0 saturated heterocycles. The molecule has 27 heavy (non-hydrogen) atoms. The van der Waals surface area contributed by atoms with E-state index in [9.17, 15) is 9.59 Å². The zero-order chi connectivity index (χ0) is 19.6. The molecule has 0 atom stereocenters. The lowest BCUT2D eigenvalue weighted by atomic mass is 10.1. The molecule has 0 aliphatic rings. The summed E-state index contributed by atoms with van der Waals surface area (Å²) in [4.78, 5) is 27.3. The van der Waals surface area contributed by atoms with Gasteiger partial charge in [-0.3, -0.25) is 0 Å². The largest absolute Gasteiger partial charge is 0.478 e. The van der Waals surface area contributed by atoms with Crippen LogP contribution in [-0.2, 0) is 4.74 Å². The van der Waals surface area contributed by atoms with Gasteiger partial charge in [0, 0.05) is 12.3 Å². The van der Waals surface area contributed by atoms with Crippen LogP contribution < -0.4 is 4.74 Å². The summed E-state index contributed by atoms with van der Waals surface area (Å²) in [5, 5.41) is 10.8. The number of hydrogen-bond acceptors (Lipinski definition) is 5. The van der Waals surface area contributed by atoms with Gasteiger partial charge in [-0.1, -0.05) is 12.1 Å². The van der Waals surface area contributed by atoms with Crippen molar-refractivity contribution in [1.29, 1.82) is 0 Å². The summed E-state index contributed by atoms with van der Waals surface area (Å²) in [5.41, 5.74) is -0.261. The molecule has 1 N–H and O–H groups in total. The highest BCUT2D eigenvalue weighted by molar-refractivity contribution is 5.94. The molecule has 0 amide bonds. The predicted octanol–water partition coefficient (Wildman–Crippen LogP) is 4.68. The molecule has 0 bridgehead atoms. The Hall–Kier alpha value is -3.41. The maximum atomic E-state index is 12.1. The third-order valence-corrected chi connectivity index (χ3v) is 3.63. The minimum Gasteiger partial charge on any atom is -0.478 e. The first-order valence-corrected chi connectivity index (χ1v) is 8.36. The lowest BCUT2D eigenvalue weighted by molar-refractivity contribution is 0.00622. The topological polar surface area (TPSA) is 85.7 Å². The van der Waals surface area contributed by atoms with Crippen molar-refractivity contribution in [2.45, 2.75) is 26.4 Å². The summed E-state index contributed by atoms with van der Waals surface area (Å²) in [6.07, 6.45) is 1.47. The average Bonchev–Trinajstić information content (AvgIpc) is 2.60. The molecule has 3 rings (SSSR count). The van der Waals surface area contributed by atoms with Gasteiger partial charge in [0.1, 0.15) is 17.1 Å². The molecular formula is C21H19NO5. The molecule has 0 fully saturated rings. The fourth-order valence-corrected chi connectivity index (χ4v) is 2.47.